The van der Waals surface area contributed by atoms with Crippen LogP contribution in [-0.2, 0) is 25.9 Å². The first-order chi connectivity index (χ1) is 11.6. The van der Waals surface area contributed by atoms with Gasteiger partial charge in [0.1, 0.15) is 0 Å². The summed E-state index contributed by atoms with van der Waals surface area (Å²) in [6, 6.07) is 14.9. The van der Waals surface area contributed by atoms with E-state index in [1.54, 1.807) is 0 Å². The van der Waals surface area contributed by atoms with Crippen LogP contribution in [0.15, 0.2) is 46.9 Å². The molecule has 0 spiro atoms. The average Bonchev–Trinajstić information content (AvgIpc) is 2.87. The molecule has 0 saturated carbocycles. The fraction of sp³-hybridized carbons (Fsp3) is 0.300. The molecule has 0 unspecified atom stereocenters. The highest BCUT2D eigenvalue weighted by Gasteiger charge is 2.22. The van der Waals surface area contributed by atoms with Gasteiger partial charge >= 0.3 is 0 Å². The lowest BCUT2D eigenvalue weighted by atomic mass is 10.1. The standard InChI is InChI=1S/C20H20BrClN2/c1-23-10-9-20-18(13-23)17-12-15(21)4-7-19(17)24(20)11-8-14-2-5-16(22)6-3-14/h2-7,12H,8-11,13H2,1H3. The molecule has 2 aromatic carbocycles. The van der Waals surface area contributed by atoms with E-state index in [9.17, 15) is 0 Å². The third kappa shape index (κ3) is 3.01. The first-order valence-corrected chi connectivity index (χ1v) is 9.51. The number of halogens is 2. The fourth-order valence-electron chi connectivity index (χ4n) is 3.70. The molecule has 2 nitrogen and oxygen atoms in total. The summed E-state index contributed by atoms with van der Waals surface area (Å²) in [4.78, 5) is 2.41. The molecule has 2 heterocycles. The van der Waals surface area contributed by atoms with Crippen LogP contribution in [0.1, 0.15) is 16.8 Å². The number of rotatable bonds is 3. The third-order valence-corrected chi connectivity index (χ3v) is 5.69. The Hall–Kier alpha value is -1.29. The second-order valence-corrected chi connectivity index (χ2v) is 7.95. The third-order valence-electron chi connectivity index (χ3n) is 4.94. The summed E-state index contributed by atoms with van der Waals surface area (Å²) < 4.78 is 3.68. The minimum atomic E-state index is 0.801. The molecular weight excluding hydrogens is 384 g/mol. The van der Waals surface area contributed by atoms with E-state index in [-0.39, 0.29) is 0 Å². The molecule has 0 saturated heterocycles. The van der Waals surface area contributed by atoms with Gasteiger partial charge in [-0.1, -0.05) is 39.7 Å². The molecule has 3 aromatic rings. The molecular formula is C20H20BrClN2. The van der Waals surface area contributed by atoms with Crippen LogP contribution in [-0.4, -0.2) is 23.1 Å². The van der Waals surface area contributed by atoms with Crippen LogP contribution in [0.2, 0.25) is 5.02 Å². The average molecular weight is 404 g/mol. The summed E-state index contributed by atoms with van der Waals surface area (Å²) in [5.74, 6) is 0. The largest absolute Gasteiger partial charge is 0.344 e. The number of nitrogens with zero attached hydrogens (tertiary/aromatic N) is 2. The Morgan fingerprint density at radius 2 is 1.92 bits per heavy atom. The van der Waals surface area contributed by atoms with E-state index < -0.39 is 0 Å². The molecule has 0 radical (unpaired) electrons. The van der Waals surface area contributed by atoms with Gasteiger partial charge in [0, 0.05) is 52.1 Å². The van der Waals surface area contributed by atoms with Gasteiger partial charge in [-0.2, -0.15) is 0 Å². The first-order valence-electron chi connectivity index (χ1n) is 8.34. The number of hydrogen-bond acceptors (Lipinski definition) is 1. The van der Waals surface area contributed by atoms with Crippen LogP contribution in [0.3, 0.4) is 0 Å². The van der Waals surface area contributed by atoms with Gasteiger partial charge in [0.05, 0.1) is 0 Å². The van der Waals surface area contributed by atoms with Crippen molar-refractivity contribution < 1.29 is 0 Å². The smallest absolute Gasteiger partial charge is 0.0486 e. The summed E-state index contributed by atoms with van der Waals surface area (Å²) >= 11 is 9.63. The number of hydrogen-bond donors (Lipinski definition) is 0. The highest BCUT2D eigenvalue weighted by molar-refractivity contribution is 9.10. The van der Waals surface area contributed by atoms with Gasteiger partial charge in [-0.05, 0) is 54.9 Å². The van der Waals surface area contributed by atoms with Gasteiger partial charge in [0.25, 0.3) is 0 Å². The number of benzene rings is 2. The van der Waals surface area contributed by atoms with E-state index in [4.69, 9.17) is 11.6 Å². The van der Waals surface area contributed by atoms with E-state index >= 15 is 0 Å². The monoisotopic (exact) mass is 402 g/mol. The summed E-state index contributed by atoms with van der Waals surface area (Å²) in [6.07, 6.45) is 2.15. The Bertz CT molecular complexity index is 883. The SMILES string of the molecule is CN1CCc2c(c3cc(Br)ccc3n2CCc2ccc(Cl)cc2)C1. The lowest BCUT2D eigenvalue weighted by molar-refractivity contribution is 0.309. The van der Waals surface area contributed by atoms with Gasteiger partial charge in [-0.15, -0.1) is 0 Å². The van der Waals surface area contributed by atoms with Crippen molar-refractivity contribution in [1.82, 2.24) is 9.47 Å². The molecule has 1 aliphatic heterocycles. The van der Waals surface area contributed by atoms with Crippen molar-refractivity contribution in [3.8, 4) is 0 Å². The Labute approximate surface area is 156 Å². The minimum absolute atomic E-state index is 0.801. The van der Waals surface area contributed by atoms with E-state index in [1.165, 1.54) is 27.7 Å². The predicted octanol–water partition coefficient (Wildman–Crippen LogP) is 5.29. The van der Waals surface area contributed by atoms with Crippen molar-refractivity contribution in [3.05, 3.63) is 68.8 Å². The second kappa shape index (κ2) is 6.55. The van der Waals surface area contributed by atoms with Crippen LogP contribution in [0.4, 0.5) is 0 Å². The van der Waals surface area contributed by atoms with Crippen molar-refractivity contribution in [2.75, 3.05) is 13.6 Å². The van der Waals surface area contributed by atoms with Gasteiger partial charge in [-0.25, -0.2) is 0 Å². The number of aryl methyl sites for hydroxylation is 2. The van der Waals surface area contributed by atoms with Gasteiger partial charge in [0.2, 0.25) is 0 Å². The zero-order valence-electron chi connectivity index (χ0n) is 13.7. The van der Waals surface area contributed by atoms with Crippen molar-refractivity contribution >= 4 is 38.4 Å². The summed E-state index contributed by atoms with van der Waals surface area (Å²) in [5, 5.41) is 2.19. The minimum Gasteiger partial charge on any atom is -0.344 e. The van der Waals surface area contributed by atoms with Crippen molar-refractivity contribution in [1.29, 1.82) is 0 Å². The summed E-state index contributed by atoms with van der Waals surface area (Å²) in [5.41, 5.74) is 5.69. The molecule has 0 atom stereocenters. The van der Waals surface area contributed by atoms with Gasteiger partial charge in [0.15, 0.2) is 0 Å². The lowest BCUT2D eigenvalue weighted by Crippen LogP contribution is -2.27. The first kappa shape index (κ1) is 16.2. The van der Waals surface area contributed by atoms with Crippen molar-refractivity contribution in [3.63, 3.8) is 0 Å². The molecule has 0 N–H and O–H groups in total. The molecule has 0 amide bonds. The normalized spacial score (nSPS) is 15.0. The van der Waals surface area contributed by atoms with E-state index in [0.29, 0.717) is 0 Å². The molecule has 4 heteroatoms. The Kier molecular flexibility index (Phi) is 4.42. The van der Waals surface area contributed by atoms with Crippen LogP contribution in [0, 0.1) is 0 Å². The maximum absolute atomic E-state index is 6.00. The zero-order valence-corrected chi connectivity index (χ0v) is 16.1. The van der Waals surface area contributed by atoms with Gasteiger partial charge < -0.3 is 9.47 Å². The van der Waals surface area contributed by atoms with Gasteiger partial charge in [-0.3, -0.25) is 0 Å². The Morgan fingerprint density at radius 1 is 1.12 bits per heavy atom. The van der Waals surface area contributed by atoms with E-state index in [1.807, 2.05) is 12.1 Å². The lowest BCUT2D eigenvalue weighted by Gasteiger charge is -2.24. The maximum Gasteiger partial charge on any atom is 0.0486 e. The quantitative estimate of drug-likeness (QED) is 0.577. The van der Waals surface area contributed by atoms with Crippen LogP contribution in [0.25, 0.3) is 10.9 Å². The molecule has 0 aliphatic carbocycles. The van der Waals surface area contributed by atoms with Crippen LogP contribution < -0.4 is 0 Å². The summed E-state index contributed by atoms with van der Waals surface area (Å²) in [7, 11) is 2.21. The second-order valence-electron chi connectivity index (χ2n) is 6.60. The number of aromatic nitrogens is 1. The topological polar surface area (TPSA) is 8.17 Å². The Balaban J connectivity index is 1.73. The predicted molar refractivity (Wildman–Crippen MR) is 105 cm³/mol. The molecule has 0 fully saturated rings. The maximum atomic E-state index is 6.00. The highest BCUT2D eigenvalue weighted by atomic mass is 79.9. The Morgan fingerprint density at radius 3 is 2.71 bits per heavy atom. The molecule has 1 aromatic heterocycles. The van der Waals surface area contributed by atoms with Crippen LogP contribution >= 0.6 is 27.5 Å². The van der Waals surface area contributed by atoms with Crippen LogP contribution in [0.5, 0.6) is 0 Å². The molecule has 4 rings (SSSR count). The van der Waals surface area contributed by atoms with E-state index in [2.05, 4.69) is 62.8 Å². The molecule has 24 heavy (non-hydrogen) atoms. The molecule has 0 bridgehead atoms. The summed E-state index contributed by atoms with van der Waals surface area (Å²) in [6.45, 7) is 3.18. The zero-order chi connectivity index (χ0) is 16.7. The number of likely N-dealkylation sites (N-methyl/N-ethyl adjacent to an activating group) is 1. The van der Waals surface area contributed by atoms with Crippen molar-refractivity contribution in [2.45, 2.75) is 25.9 Å². The van der Waals surface area contributed by atoms with E-state index in [0.717, 1.165) is 42.0 Å². The highest BCUT2D eigenvalue weighted by Crippen LogP contribution is 2.32. The molecule has 1 aliphatic rings. The number of fused-ring (bicyclic) bond motifs is 3. The van der Waals surface area contributed by atoms with Crippen molar-refractivity contribution in [2.24, 2.45) is 0 Å². The fourth-order valence-corrected chi connectivity index (χ4v) is 4.19. The molecule has 124 valence electrons.